The molecule has 4 heteroatoms. The molecule has 0 radical (unpaired) electrons. The molecule has 0 amide bonds. The molecular formula is C18H16O4. The van der Waals surface area contributed by atoms with Crippen LogP contribution < -0.4 is 4.74 Å². The average Bonchev–Trinajstić information content (AvgIpc) is 2.54. The SMILES string of the molecule is COc1ccc(-c2ccccc2C(=O)O)c2c1CCCC2=O. The minimum atomic E-state index is -0.997. The summed E-state index contributed by atoms with van der Waals surface area (Å²) >= 11 is 0. The molecule has 0 bridgehead atoms. The van der Waals surface area contributed by atoms with Crippen LogP contribution >= 0.6 is 0 Å². The number of ketones is 1. The van der Waals surface area contributed by atoms with Crippen LogP contribution in [0.3, 0.4) is 0 Å². The van der Waals surface area contributed by atoms with Crippen molar-refractivity contribution in [1.29, 1.82) is 0 Å². The van der Waals surface area contributed by atoms with Crippen LogP contribution in [-0.2, 0) is 6.42 Å². The molecule has 1 aliphatic carbocycles. The zero-order valence-corrected chi connectivity index (χ0v) is 12.3. The highest BCUT2D eigenvalue weighted by molar-refractivity contribution is 6.07. The van der Waals surface area contributed by atoms with Gasteiger partial charge in [0, 0.05) is 17.5 Å². The molecule has 0 fully saturated rings. The van der Waals surface area contributed by atoms with Gasteiger partial charge in [-0.05, 0) is 42.2 Å². The maximum Gasteiger partial charge on any atom is 0.336 e. The molecule has 0 heterocycles. The Morgan fingerprint density at radius 3 is 2.59 bits per heavy atom. The highest BCUT2D eigenvalue weighted by atomic mass is 16.5. The molecule has 1 N–H and O–H groups in total. The largest absolute Gasteiger partial charge is 0.496 e. The van der Waals surface area contributed by atoms with E-state index in [1.165, 1.54) is 0 Å². The fraction of sp³-hybridized carbons (Fsp3) is 0.222. The van der Waals surface area contributed by atoms with Crippen LogP contribution in [-0.4, -0.2) is 24.0 Å². The highest BCUT2D eigenvalue weighted by Crippen LogP contribution is 2.38. The molecule has 2 aromatic carbocycles. The van der Waals surface area contributed by atoms with Gasteiger partial charge in [0.25, 0.3) is 0 Å². The molecule has 0 saturated heterocycles. The summed E-state index contributed by atoms with van der Waals surface area (Å²) in [5.74, 6) is -0.252. The summed E-state index contributed by atoms with van der Waals surface area (Å²) in [4.78, 5) is 23.9. The Bertz CT molecular complexity index is 762. The maximum atomic E-state index is 12.4. The van der Waals surface area contributed by atoms with Gasteiger partial charge in [-0.3, -0.25) is 4.79 Å². The van der Waals surface area contributed by atoms with Crippen molar-refractivity contribution in [3.8, 4) is 16.9 Å². The molecule has 4 nitrogen and oxygen atoms in total. The van der Waals surface area contributed by atoms with Crippen molar-refractivity contribution in [3.05, 3.63) is 53.1 Å². The summed E-state index contributed by atoms with van der Waals surface area (Å²) in [7, 11) is 1.58. The number of carboxylic acids is 1. The lowest BCUT2D eigenvalue weighted by Crippen LogP contribution is -2.14. The van der Waals surface area contributed by atoms with E-state index >= 15 is 0 Å². The van der Waals surface area contributed by atoms with Crippen LogP contribution in [0.15, 0.2) is 36.4 Å². The van der Waals surface area contributed by atoms with Crippen LogP contribution in [0.4, 0.5) is 0 Å². The van der Waals surface area contributed by atoms with E-state index in [-0.39, 0.29) is 11.3 Å². The van der Waals surface area contributed by atoms with Gasteiger partial charge in [0.2, 0.25) is 0 Å². The Hall–Kier alpha value is -2.62. The van der Waals surface area contributed by atoms with Gasteiger partial charge in [0.1, 0.15) is 5.75 Å². The Morgan fingerprint density at radius 2 is 1.86 bits per heavy atom. The number of benzene rings is 2. The topological polar surface area (TPSA) is 63.6 Å². The number of fused-ring (bicyclic) bond motifs is 1. The van der Waals surface area contributed by atoms with Crippen LogP contribution in [0, 0.1) is 0 Å². The number of carbonyl (C=O) groups is 2. The highest BCUT2D eigenvalue weighted by Gasteiger charge is 2.26. The van der Waals surface area contributed by atoms with E-state index in [4.69, 9.17) is 4.74 Å². The van der Waals surface area contributed by atoms with E-state index in [1.54, 1.807) is 37.4 Å². The van der Waals surface area contributed by atoms with Gasteiger partial charge in [-0.2, -0.15) is 0 Å². The minimum absolute atomic E-state index is 0.0512. The Labute approximate surface area is 128 Å². The summed E-state index contributed by atoms with van der Waals surface area (Å²) in [6.07, 6.45) is 2.06. The summed E-state index contributed by atoms with van der Waals surface area (Å²) in [6, 6.07) is 10.4. The summed E-state index contributed by atoms with van der Waals surface area (Å²) in [5, 5.41) is 9.39. The number of Topliss-reactive ketones (excluding diaryl/α,β-unsaturated/α-hetero) is 1. The van der Waals surface area contributed by atoms with E-state index in [1.807, 2.05) is 6.07 Å². The Balaban J connectivity index is 2.29. The molecule has 0 aliphatic heterocycles. The van der Waals surface area contributed by atoms with Gasteiger partial charge < -0.3 is 9.84 Å². The van der Waals surface area contributed by atoms with Gasteiger partial charge >= 0.3 is 5.97 Å². The molecule has 22 heavy (non-hydrogen) atoms. The lowest BCUT2D eigenvalue weighted by molar-refractivity contribution is 0.0697. The quantitative estimate of drug-likeness (QED) is 0.940. The van der Waals surface area contributed by atoms with E-state index in [0.717, 1.165) is 18.4 Å². The van der Waals surface area contributed by atoms with Crippen molar-refractivity contribution in [2.45, 2.75) is 19.3 Å². The fourth-order valence-electron chi connectivity index (χ4n) is 3.07. The number of hydrogen-bond donors (Lipinski definition) is 1. The number of carbonyl (C=O) groups excluding carboxylic acids is 1. The Morgan fingerprint density at radius 1 is 1.09 bits per heavy atom. The average molecular weight is 296 g/mol. The summed E-state index contributed by atoms with van der Waals surface area (Å²) < 4.78 is 5.36. The number of carboxylic acid groups (broad SMARTS) is 1. The zero-order chi connectivity index (χ0) is 15.7. The van der Waals surface area contributed by atoms with Crippen LogP contribution in [0.5, 0.6) is 5.75 Å². The van der Waals surface area contributed by atoms with Gasteiger partial charge in [-0.15, -0.1) is 0 Å². The first kappa shape index (κ1) is 14.3. The van der Waals surface area contributed by atoms with Gasteiger partial charge in [-0.1, -0.05) is 18.2 Å². The molecule has 0 aromatic heterocycles. The number of methoxy groups -OCH3 is 1. The van der Waals surface area contributed by atoms with Crippen molar-refractivity contribution in [3.63, 3.8) is 0 Å². The molecule has 2 aromatic rings. The lowest BCUT2D eigenvalue weighted by Gasteiger charge is -2.21. The summed E-state index contributed by atoms with van der Waals surface area (Å²) in [5.41, 5.74) is 2.95. The van der Waals surface area contributed by atoms with Gasteiger partial charge in [0.05, 0.1) is 12.7 Å². The fourth-order valence-corrected chi connectivity index (χ4v) is 3.07. The predicted molar refractivity (Wildman–Crippen MR) is 82.7 cm³/mol. The number of ether oxygens (including phenoxy) is 1. The maximum absolute atomic E-state index is 12.4. The van der Waals surface area contributed by atoms with Gasteiger partial charge in [0.15, 0.2) is 5.78 Å². The molecule has 0 spiro atoms. The second kappa shape index (κ2) is 5.64. The van der Waals surface area contributed by atoms with Crippen molar-refractivity contribution in [2.24, 2.45) is 0 Å². The van der Waals surface area contributed by atoms with Crippen molar-refractivity contribution in [1.82, 2.24) is 0 Å². The first-order chi connectivity index (χ1) is 10.6. The molecule has 1 aliphatic rings. The third kappa shape index (κ3) is 2.26. The molecule has 0 saturated carbocycles. The van der Waals surface area contributed by atoms with Crippen molar-refractivity contribution < 1.29 is 19.4 Å². The third-order valence-corrected chi connectivity index (χ3v) is 4.05. The first-order valence-corrected chi connectivity index (χ1v) is 7.19. The van der Waals surface area contributed by atoms with Crippen LogP contribution in [0.1, 0.15) is 39.1 Å². The molecule has 3 rings (SSSR count). The van der Waals surface area contributed by atoms with E-state index < -0.39 is 5.97 Å². The smallest absolute Gasteiger partial charge is 0.336 e. The monoisotopic (exact) mass is 296 g/mol. The van der Waals surface area contributed by atoms with E-state index in [0.29, 0.717) is 28.9 Å². The lowest BCUT2D eigenvalue weighted by atomic mass is 9.83. The number of rotatable bonds is 3. The predicted octanol–water partition coefficient (Wildman–Crippen LogP) is 3.58. The van der Waals surface area contributed by atoms with Crippen molar-refractivity contribution >= 4 is 11.8 Å². The molecule has 112 valence electrons. The molecule has 0 atom stereocenters. The number of hydrogen-bond acceptors (Lipinski definition) is 3. The van der Waals surface area contributed by atoms with E-state index in [2.05, 4.69) is 0 Å². The summed E-state index contributed by atoms with van der Waals surface area (Å²) in [6.45, 7) is 0. The standard InChI is InChI=1S/C18H16O4/c1-22-16-10-9-12(17-14(16)7-4-8-15(17)19)11-5-2-3-6-13(11)18(20)21/h2-3,5-6,9-10H,4,7-8H2,1H3,(H,20,21). The van der Waals surface area contributed by atoms with Gasteiger partial charge in [-0.25, -0.2) is 4.79 Å². The van der Waals surface area contributed by atoms with Crippen molar-refractivity contribution in [2.75, 3.05) is 7.11 Å². The van der Waals surface area contributed by atoms with Crippen LogP contribution in [0.2, 0.25) is 0 Å². The van der Waals surface area contributed by atoms with Crippen LogP contribution in [0.25, 0.3) is 11.1 Å². The zero-order valence-electron chi connectivity index (χ0n) is 12.3. The second-order valence-corrected chi connectivity index (χ2v) is 5.30. The molecule has 0 unspecified atom stereocenters. The Kier molecular flexibility index (Phi) is 3.67. The van der Waals surface area contributed by atoms with E-state index in [9.17, 15) is 14.7 Å². The number of aromatic carboxylic acids is 1. The third-order valence-electron chi connectivity index (χ3n) is 4.05. The second-order valence-electron chi connectivity index (χ2n) is 5.30. The minimum Gasteiger partial charge on any atom is -0.496 e. The normalized spacial score (nSPS) is 13.6. The first-order valence-electron chi connectivity index (χ1n) is 7.19. The molecular weight excluding hydrogens is 280 g/mol.